The van der Waals surface area contributed by atoms with E-state index in [0.717, 1.165) is 23.3 Å². The minimum atomic E-state index is -3.79. The number of sulfonamides is 1. The maximum Gasteiger partial charge on any atom is 0.243 e. The van der Waals surface area contributed by atoms with Crippen LogP contribution in [0.15, 0.2) is 83.8 Å². The molecule has 1 N–H and O–H groups in total. The summed E-state index contributed by atoms with van der Waals surface area (Å²) in [6, 6.07) is 20.1. The van der Waals surface area contributed by atoms with Crippen LogP contribution in [0.1, 0.15) is 24.0 Å². The van der Waals surface area contributed by atoms with Crippen molar-refractivity contribution in [3.8, 4) is 0 Å². The predicted octanol–water partition coefficient (Wildman–Crippen LogP) is 3.69. The fourth-order valence-corrected chi connectivity index (χ4v) is 6.56. The van der Waals surface area contributed by atoms with Gasteiger partial charge in [0.05, 0.1) is 16.6 Å². The van der Waals surface area contributed by atoms with Gasteiger partial charge in [0.25, 0.3) is 0 Å². The molecule has 0 radical (unpaired) electrons. The van der Waals surface area contributed by atoms with Crippen LogP contribution in [0.5, 0.6) is 0 Å². The van der Waals surface area contributed by atoms with Gasteiger partial charge in [-0.2, -0.15) is 4.31 Å². The number of hydrogen-bond acceptors (Lipinski definition) is 4. The highest BCUT2D eigenvalue weighted by Gasteiger charge is 2.52. The fourth-order valence-electron chi connectivity index (χ4n) is 5.12. The van der Waals surface area contributed by atoms with E-state index in [-0.39, 0.29) is 29.7 Å². The summed E-state index contributed by atoms with van der Waals surface area (Å²) in [6.45, 7) is 0.706. The van der Waals surface area contributed by atoms with Gasteiger partial charge in [-0.3, -0.25) is 10.1 Å². The topological polar surface area (TPSA) is 69.7 Å². The van der Waals surface area contributed by atoms with Crippen LogP contribution < -0.4 is 5.32 Å². The molecule has 188 valence electrons. The van der Waals surface area contributed by atoms with Crippen LogP contribution in [0.25, 0.3) is 0 Å². The van der Waals surface area contributed by atoms with Gasteiger partial charge in [0.15, 0.2) is 0 Å². The summed E-state index contributed by atoms with van der Waals surface area (Å²) < 4.78 is 54.5. The molecule has 3 aromatic carbocycles. The average Bonchev–Trinajstić information content (AvgIpc) is 3.11. The summed E-state index contributed by atoms with van der Waals surface area (Å²) in [5, 5.41) is 3.54. The van der Waals surface area contributed by atoms with Crippen LogP contribution in [0, 0.1) is 11.6 Å². The summed E-state index contributed by atoms with van der Waals surface area (Å²) >= 11 is 0. The van der Waals surface area contributed by atoms with Gasteiger partial charge in [-0.15, -0.1) is 0 Å². The first kappa shape index (κ1) is 24.5. The van der Waals surface area contributed by atoms with Crippen LogP contribution >= 0.6 is 0 Å². The Kier molecular flexibility index (Phi) is 6.63. The summed E-state index contributed by atoms with van der Waals surface area (Å²) in [6.07, 6.45) is 1.30. The average molecular weight is 512 g/mol. The smallest absolute Gasteiger partial charge is 0.243 e. The van der Waals surface area contributed by atoms with Crippen molar-refractivity contribution in [2.75, 3.05) is 13.1 Å². The molecule has 9 heteroatoms. The highest BCUT2D eigenvalue weighted by Crippen LogP contribution is 2.36. The molecule has 2 fully saturated rings. The maximum atomic E-state index is 13.6. The molecule has 1 unspecified atom stereocenters. The van der Waals surface area contributed by atoms with Crippen molar-refractivity contribution < 1.29 is 22.0 Å². The first-order valence-corrected chi connectivity index (χ1v) is 13.3. The van der Waals surface area contributed by atoms with Gasteiger partial charge in [-0.05, 0) is 66.8 Å². The summed E-state index contributed by atoms with van der Waals surface area (Å²) in [7, 11) is -3.79. The normalized spacial score (nSPS) is 20.2. The lowest BCUT2D eigenvalue weighted by Crippen LogP contribution is -2.59. The first-order chi connectivity index (χ1) is 17.3. The third-order valence-corrected chi connectivity index (χ3v) is 8.97. The zero-order chi connectivity index (χ0) is 25.3. The van der Waals surface area contributed by atoms with E-state index in [1.54, 1.807) is 17.0 Å². The third kappa shape index (κ3) is 4.78. The van der Waals surface area contributed by atoms with Gasteiger partial charge in [-0.25, -0.2) is 17.2 Å². The molecule has 5 rings (SSSR count). The van der Waals surface area contributed by atoms with E-state index in [9.17, 15) is 22.0 Å². The number of benzene rings is 3. The standard InChI is InChI=1S/C27H27F2N3O3S/c28-22-8-6-21(7-9-22)19-32-26(33)25(18-20-4-2-1-3-5-20)30-27(32)14-16-31(17-15-27)36(34,35)24-12-10-23(29)11-13-24/h1-13,25,30H,14-19H2. The molecule has 2 aliphatic rings. The molecule has 36 heavy (non-hydrogen) atoms. The van der Waals surface area contributed by atoms with Gasteiger partial charge >= 0.3 is 0 Å². The number of carbonyl (C=O) groups excluding carboxylic acids is 1. The molecular formula is C27H27F2N3O3S. The Morgan fingerprint density at radius 2 is 1.42 bits per heavy atom. The summed E-state index contributed by atoms with van der Waals surface area (Å²) in [4.78, 5) is 15.4. The highest BCUT2D eigenvalue weighted by atomic mass is 32.2. The zero-order valence-corrected chi connectivity index (χ0v) is 20.4. The van der Waals surface area contributed by atoms with Crippen molar-refractivity contribution in [2.45, 2.75) is 42.4 Å². The number of amides is 1. The Morgan fingerprint density at radius 3 is 2.03 bits per heavy atom. The van der Waals surface area contributed by atoms with E-state index in [1.165, 1.54) is 28.6 Å². The molecular weight excluding hydrogens is 484 g/mol. The van der Waals surface area contributed by atoms with E-state index >= 15 is 0 Å². The number of halogens is 2. The quantitative estimate of drug-likeness (QED) is 0.548. The Hall–Kier alpha value is -3.14. The first-order valence-electron chi connectivity index (χ1n) is 11.9. The van der Waals surface area contributed by atoms with Crippen molar-refractivity contribution in [3.05, 3.63) is 102 Å². The van der Waals surface area contributed by atoms with E-state index in [2.05, 4.69) is 5.32 Å². The maximum absolute atomic E-state index is 13.6. The molecule has 2 aliphatic heterocycles. The van der Waals surface area contributed by atoms with Crippen LogP contribution in [0.4, 0.5) is 8.78 Å². The molecule has 6 nitrogen and oxygen atoms in total. The number of carbonyl (C=O) groups is 1. The number of nitrogens with zero attached hydrogens (tertiary/aromatic N) is 2. The monoisotopic (exact) mass is 511 g/mol. The van der Waals surface area contributed by atoms with Gasteiger partial charge in [0.1, 0.15) is 11.6 Å². The summed E-state index contributed by atoms with van der Waals surface area (Å²) in [5.74, 6) is -0.903. The molecule has 0 aromatic heterocycles. The van der Waals surface area contributed by atoms with Gasteiger partial charge < -0.3 is 4.90 Å². The Balaban J connectivity index is 1.39. The molecule has 2 saturated heterocycles. The summed E-state index contributed by atoms with van der Waals surface area (Å²) in [5.41, 5.74) is 1.10. The second kappa shape index (κ2) is 9.72. The van der Waals surface area contributed by atoms with E-state index in [4.69, 9.17) is 0 Å². The fraction of sp³-hybridized carbons (Fsp3) is 0.296. The van der Waals surface area contributed by atoms with Crippen molar-refractivity contribution in [3.63, 3.8) is 0 Å². The highest BCUT2D eigenvalue weighted by molar-refractivity contribution is 7.89. The zero-order valence-electron chi connectivity index (χ0n) is 19.6. The molecule has 1 atom stereocenters. The molecule has 0 bridgehead atoms. The van der Waals surface area contributed by atoms with Crippen LogP contribution in [-0.4, -0.2) is 48.3 Å². The number of rotatable bonds is 6. The molecule has 3 aromatic rings. The van der Waals surface area contributed by atoms with Crippen molar-refractivity contribution in [2.24, 2.45) is 0 Å². The third-order valence-electron chi connectivity index (χ3n) is 7.06. The van der Waals surface area contributed by atoms with Gasteiger partial charge in [0, 0.05) is 19.6 Å². The second-order valence-corrected chi connectivity index (χ2v) is 11.3. The Bertz CT molecular complexity index is 1320. The lowest BCUT2D eigenvalue weighted by Gasteiger charge is -2.44. The van der Waals surface area contributed by atoms with Crippen molar-refractivity contribution >= 4 is 15.9 Å². The predicted molar refractivity (Wildman–Crippen MR) is 131 cm³/mol. The van der Waals surface area contributed by atoms with Crippen LogP contribution in [0.3, 0.4) is 0 Å². The Morgan fingerprint density at radius 1 is 0.833 bits per heavy atom. The molecule has 1 amide bonds. The number of piperidine rings is 1. The second-order valence-electron chi connectivity index (χ2n) is 9.33. The van der Waals surface area contributed by atoms with E-state index in [0.29, 0.717) is 25.8 Å². The van der Waals surface area contributed by atoms with Gasteiger partial charge in [-0.1, -0.05) is 42.5 Å². The number of hydrogen-bond donors (Lipinski definition) is 1. The SMILES string of the molecule is O=C1C(Cc2ccccc2)NC2(CCN(S(=O)(=O)c3ccc(F)cc3)CC2)N1Cc1ccc(F)cc1. The van der Waals surface area contributed by atoms with E-state index in [1.807, 2.05) is 30.3 Å². The molecule has 2 heterocycles. The molecule has 0 aliphatic carbocycles. The van der Waals surface area contributed by atoms with Crippen LogP contribution in [0.2, 0.25) is 0 Å². The van der Waals surface area contributed by atoms with E-state index < -0.39 is 27.5 Å². The van der Waals surface area contributed by atoms with Gasteiger partial charge in [0.2, 0.25) is 15.9 Å². The molecule has 0 saturated carbocycles. The van der Waals surface area contributed by atoms with Crippen LogP contribution in [-0.2, 0) is 27.8 Å². The lowest BCUT2D eigenvalue weighted by atomic mass is 9.96. The largest absolute Gasteiger partial charge is 0.319 e. The minimum Gasteiger partial charge on any atom is -0.319 e. The Labute approximate surface area is 209 Å². The lowest BCUT2D eigenvalue weighted by molar-refractivity contribution is -0.134. The minimum absolute atomic E-state index is 0.0421. The molecule has 1 spiro atoms. The van der Waals surface area contributed by atoms with Crippen molar-refractivity contribution in [1.82, 2.24) is 14.5 Å². The number of nitrogens with one attached hydrogen (secondary N) is 1. The van der Waals surface area contributed by atoms with Crippen molar-refractivity contribution in [1.29, 1.82) is 0 Å².